The van der Waals surface area contributed by atoms with Crippen molar-refractivity contribution in [1.29, 1.82) is 0 Å². The van der Waals surface area contributed by atoms with Gasteiger partial charge in [0.1, 0.15) is 0 Å². The summed E-state index contributed by atoms with van der Waals surface area (Å²) in [4.78, 5) is 4.96. The van der Waals surface area contributed by atoms with Gasteiger partial charge in [0.2, 0.25) is 0 Å². The number of thiol groups is 2. The Hall–Kier alpha value is -0.200. The van der Waals surface area contributed by atoms with Crippen LogP contribution in [0.2, 0.25) is 0 Å². The number of rotatable bonds is 15. The zero-order chi connectivity index (χ0) is 17.5. The van der Waals surface area contributed by atoms with Gasteiger partial charge < -0.3 is 15.1 Å². The van der Waals surface area contributed by atoms with Crippen LogP contribution in [-0.2, 0) is 6.42 Å². The van der Waals surface area contributed by atoms with Crippen LogP contribution in [0.3, 0.4) is 0 Å². The number of likely N-dealkylation sites (N-methyl/N-ethyl adjacent to an activating group) is 1. The van der Waals surface area contributed by atoms with Gasteiger partial charge in [-0.3, -0.25) is 0 Å². The van der Waals surface area contributed by atoms with Crippen molar-refractivity contribution in [2.24, 2.45) is 0 Å². The Kier molecular flexibility index (Phi) is 13.7. The van der Waals surface area contributed by atoms with Crippen LogP contribution in [0.25, 0.3) is 0 Å². The second-order valence-electron chi connectivity index (χ2n) is 6.28. The Morgan fingerprint density at radius 1 is 0.833 bits per heavy atom. The first-order valence-electron chi connectivity index (χ1n) is 9.13. The number of unbranched alkanes of at least 4 members (excludes halogenated alkanes) is 1. The lowest BCUT2D eigenvalue weighted by Crippen LogP contribution is -2.35. The van der Waals surface area contributed by atoms with Gasteiger partial charge in [-0.15, -0.1) is 0 Å². The number of hydrogen-bond acceptors (Lipinski definition) is 5. The molecule has 0 spiro atoms. The first-order valence-corrected chi connectivity index (χ1v) is 10.4. The lowest BCUT2D eigenvalue weighted by atomic mass is 10.1. The van der Waals surface area contributed by atoms with E-state index in [1.165, 1.54) is 31.5 Å². The van der Waals surface area contributed by atoms with Crippen LogP contribution in [0.15, 0.2) is 30.3 Å². The maximum Gasteiger partial charge on any atom is 0.0107 e. The second kappa shape index (κ2) is 15.1. The van der Waals surface area contributed by atoms with Crippen LogP contribution in [0.1, 0.15) is 18.4 Å². The summed E-state index contributed by atoms with van der Waals surface area (Å²) in [7, 11) is 2.23. The van der Waals surface area contributed by atoms with E-state index in [4.69, 9.17) is 0 Å². The molecule has 0 atom stereocenters. The standard InChI is InChI=1S/C19H35N3S2/c1-21(14-9-19-7-3-2-4-8-19)12-5-6-13-22(16-18-24)15-10-20-11-17-23/h2-4,7-8,20,23-24H,5-6,9-18H2,1H3. The molecule has 0 fully saturated rings. The highest BCUT2D eigenvalue weighted by Crippen LogP contribution is 2.02. The summed E-state index contributed by atoms with van der Waals surface area (Å²) in [5.74, 6) is 1.84. The molecule has 138 valence electrons. The summed E-state index contributed by atoms with van der Waals surface area (Å²) in [6.45, 7) is 7.72. The lowest BCUT2D eigenvalue weighted by Gasteiger charge is -2.22. The maximum atomic E-state index is 4.38. The van der Waals surface area contributed by atoms with Gasteiger partial charge in [0.25, 0.3) is 0 Å². The van der Waals surface area contributed by atoms with Crippen molar-refractivity contribution in [2.75, 3.05) is 64.4 Å². The summed E-state index contributed by atoms with van der Waals surface area (Å²) in [5.41, 5.74) is 1.43. The Balaban J connectivity index is 2.08. The van der Waals surface area contributed by atoms with E-state index >= 15 is 0 Å². The molecule has 0 saturated carbocycles. The predicted octanol–water partition coefficient (Wildman–Crippen LogP) is 2.69. The smallest absolute Gasteiger partial charge is 0.0107 e. The van der Waals surface area contributed by atoms with Gasteiger partial charge in [-0.1, -0.05) is 30.3 Å². The molecule has 0 aliphatic rings. The normalized spacial score (nSPS) is 11.5. The SMILES string of the molecule is CN(CCCCN(CCS)CCNCCS)CCc1ccccc1. The van der Waals surface area contributed by atoms with E-state index in [2.05, 4.69) is 77.8 Å². The van der Waals surface area contributed by atoms with E-state index in [1.54, 1.807) is 0 Å². The molecular formula is C19H35N3S2. The molecule has 1 N–H and O–H groups in total. The molecule has 0 bridgehead atoms. The van der Waals surface area contributed by atoms with E-state index in [9.17, 15) is 0 Å². The van der Waals surface area contributed by atoms with E-state index in [0.717, 1.165) is 50.7 Å². The summed E-state index contributed by atoms with van der Waals surface area (Å²) in [5, 5.41) is 3.41. The van der Waals surface area contributed by atoms with Gasteiger partial charge in [-0.2, -0.15) is 25.3 Å². The van der Waals surface area contributed by atoms with Crippen molar-refractivity contribution < 1.29 is 0 Å². The van der Waals surface area contributed by atoms with Crippen molar-refractivity contribution in [3.8, 4) is 0 Å². The molecule has 0 saturated heterocycles. The Bertz CT molecular complexity index is 389. The molecule has 1 aromatic carbocycles. The zero-order valence-corrected chi connectivity index (χ0v) is 16.9. The van der Waals surface area contributed by atoms with Gasteiger partial charge in [-0.25, -0.2) is 0 Å². The number of nitrogens with zero attached hydrogens (tertiary/aromatic N) is 2. The summed E-state index contributed by atoms with van der Waals surface area (Å²) >= 11 is 8.60. The minimum Gasteiger partial charge on any atom is -0.315 e. The lowest BCUT2D eigenvalue weighted by molar-refractivity contribution is 0.269. The van der Waals surface area contributed by atoms with Crippen LogP contribution in [0.4, 0.5) is 0 Å². The van der Waals surface area contributed by atoms with Crippen LogP contribution in [-0.4, -0.2) is 74.2 Å². The molecular weight excluding hydrogens is 334 g/mol. The average Bonchev–Trinajstić information content (AvgIpc) is 2.61. The average molecular weight is 370 g/mol. The molecule has 5 heteroatoms. The molecule has 0 aliphatic carbocycles. The van der Waals surface area contributed by atoms with Crippen molar-refractivity contribution in [2.45, 2.75) is 19.3 Å². The van der Waals surface area contributed by atoms with E-state index in [0.29, 0.717) is 0 Å². The van der Waals surface area contributed by atoms with Crippen molar-refractivity contribution >= 4 is 25.3 Å². The molecule has 1 aromatic rings. The van der Waals surface area contributed by atoms with Gasteiger partial charge >= 0.3 is 0 Å². The number of benzene rings is 1. The summed E-state index contributed by atoms with van der Waals surface area (Å²) in [6.07, 6.45) is 3.66. The number of nitrogens with one attached hydrogen (secondary N) is 1. The minimum atomic E-state index is 0.905. The van der Waals surface area contributed by atoms with Gasteiger partial charge in [0.05, 0.1) is 0 Å². The van der Waals surface area contributed by atoms with Gasteiger partial charge in [0.15, 0.2) is 0 Å². The highest BCUT2D eigenvalue weighted by molar-refractivity contribution is 7.80. The van der Waals surface area contributed by atoms with Crippen LogP contribution in [0.5, 0.6) is 0 Å². The third kappa shape index (κ3) is 11.4. The topological polar surface area (TPSA) is 18.5 Å². The van der Waals surface area contributed by atoms with Crippen LogP contribution in [0, 0.1) is 0 Å². The third-order valence-electron chi connectivity index (χ3n) is 4.20. The fraction of sp³-hybridized carbons (Fsp3) is 0.684. The van der Waals surface area contributed by atoms with E-state index < -0.39 is 0 Å². The monoisotopic (exact) mass is 369 g/mol. The van der Waals surface area contributed by atoms with E-state index in [1.807, 2.05) is 0 Å². The highest BCUT2D eigenvalue weighted by atomic mass is 32.1. The zero-order valence-electron chi connectivity index (χ0n) is 15.2. The second-order valence-corrected chi connectivity index (χ2v) is 7.18. The van der Waals surface area contributed by atoms with Crippen LogP contribution >= 0.6 is 25.3 Å². The van der Waals surface area contributed by atoms with E-state index in [-0.39, 0.29) is 0 Å². The fourth-order valence-corrected chi connectivity index (χ4v) is 3.15. The van der Waals surface area contributed by atoms with Gasteiger partial charge in [0, 0.05) is 44.2 Å². The largest absolute Gasteiger partial charge is 0.315 e. The summed E-state index contributed by atoms with van der Waals surface area (Å²) < 4.78 is 0. The molecule has 0 aromatic heterocycles. The van der Waals surface area contributed by atoms with Gasteiger partial charge in [-0.05, 0) is 45.0 Å². The first kappa shape index (κ1) is 21.8. The van der Waals surface area contributed by atoms with Crippen molar-refractivity contribution in [3.05, 3.63) is 35.9 Å². The molecule has 0 radical (unpaired) electrons. The van der Waals surface area contributed by atoms with Crippen molar-refractivity contribution in [3.63, 3.8) is 0 Å². The van der Waals surface area contributed by atoms with Crippen molar-refractivity contribution in [1.82, 2.24) is 15.1 Å². The molecule has 0 unspecified atom stereocenters. The predicted molar refractivity (Wildman–Crippen MR) is 114 cm³/mol. The maximum absolute atomic E-state index is 4.38. The Morgan fingerprint density at radius 2 is 1.58 bits per heavy atom. The third-order valence-corrected chi connectivity index (χ3v) is 4.62. The molecule has 0 aliphatic heterocycles. The fourth-order valence-electron chi connectivity index (χ4n) is 2.71. The quantitative estimate of drug-likeness (QED) is 0.326. The summed E-state index contributed by atoms with van der Waals surface area (Å²) in [6, 6.07) is 10.8. The first-order chi connectivity index (χ1) is 11.8. The Morgan fingerprint density at radius 3 is 2.29 bits per heavy atom. The highest BCUT2D eigenvalue weighted by Gasteiger charge is 2.04. The Labute approximate surface area is 160 Å². The number of hydrogen-bond donors (Lipinski definition) is 3. The minimum absolute atomic E-state index is 0.905. The molecule has 0 amide bonds. The molecule has 1 rings (SSSR count). The molecule has 3 nitrogen and oxygen atoms in total. The molecule has 0 heterocycles. The van der Waals surface area contributed by atoms with Crippen LogP contribution < -0.4 is 5.32 Å². The molecule has 24 heavy (non-hydrogen) atoms.